The number of hydrogen-bond donors (Lipinski definition) is 2. The molecule has 3 rings (SSSR count). The van der Waals surface area contributed by atoms with Crippen molar-refractivity contribution < 1.29 is 20.3 Å². The van der Waals surface area contributed by atoms with Crippen LogP contribution in [0.4, 0.5) is 0 Å². The molecule has 0 radical (unpaired) electrons. The lowest BCUT2D eigenvalue weighted by atomic mass is 9.92. The van der Waals surface area contributed by atoms with E-state index in [0.29, 0.717) is 5.56 Å². The highest BCUT2D eigenvalue weighted by atomic mass is 16.4. The summed E-state index contributed by atoms with van der Waals surface area (Å²) in [6.45, 7) is 2.67. The summed E-state index contributed by atoms with van der Waals surface area (Å²) in [5.74, 6) is -0.563. The molecule has 1 aliphatic rings. The van der Waals surface area contributed by atoms with E-state index in [4.69, 9.17) is 5.11 Å². The Hall–Kier alpha value is -2.17. The van der Waals surface area contributed by atoms with E-state index in [1.165, 1.54) is 50.0 Å². The van der Waals surface area contributed by atoms with Gasteiger partial charge in [0.25, 0.3) is 0 Å². The number of aliphatic hydroxyl groups is 1. The smallest absolute Gasteiger partial charge is 0.118 e. The first kappa shape index (κ1) is 18.2. The molecule has 0 bridgehead atoms. The monoisotopic (exact) mass is 327 g/mol. The van der Waals surface area contributed by atoms with E-state index in [1.54, 1.807) is 18.2 Å². The fourth-order valence-corrected chi connectivity index (χ4v) is 2.93. The summed E-state index contributed by atoms with van der Waals surface area (Å²) < 4.78 is 0. The fraction of sp³-hybridized carbons (Fsp3) is 0.350. The normalized spacial score (nSPS) is 18.1. The third-order valence-electron chi connectivity index (χ3n) is 4.23. The van der Waals surface area contributed by atoms with Gasteiger partial charge in [-0.05, 0) is 30.4 Å². The Labute approximate surface area is 143 Å². The summed E-state index contributed by atoms with van der Waals surface area (Å²) in [4.78, 5) is 10.1. The summed E-state index contributed by atoms with van der Waals surface area (Å²) in [6, 6.07) is 19.0. The predicted octanol–water partition coefficient (Wildman–Crippen LogP) is 0.672. The van der Waals surface area contributed by atoms with E-state index >= 15 is 0 Å². The molecule has 0 amide bonds. The van der Waals surface area contributed by atoms with Gasteiger partial charge in [0.15, 0.2) is 0 Å². The van der Waals surface area contributed by atoms with Crippen molar-refractivity contribution >= 4 is 5.97 Å². The zero-order valence-electron chi connectivity index (χ0n) is 13.8. The van der Waals surface area contributed by atoms with Gasteiger partial charge in [-0.1, -0.05) is 60.7 Å². The summed E-state index contributed by atoms with van der Waals surface area (Å²) in [7, 11) is 0. The van der Waals surface area contributed by atoms with Crippen LogP contribution in [-0.4, -0.2) is 24.2 Å². The Morgan fingerprint density at radius 1 is 1.12 bits per heavy atom. The van der Waals surface area contributed by atoms with Crippen LogP contribution in [0, 0.1) is 5.92 Å². The number of hydrogen-bond acceptors (Lipinski definition) is 3. The Bertz CT molecular complexity index is 595. The van der Waals surface area contributed by atoms with Gasteiger partial charge in [0.2, 0.25) is 0 Å². The number of rotatable bonds is 4. The van der Waals surface area contributed by atoms with E-state index < -0.39 is 12.1 Å². The topological polar surface area (TPSA) is 77.0 Å². The number of nitrogens with two attached hydrogens (primary N) is 1. The Morgan fingerprint density at radius 3 is 2.29 bits per heavy atom. The average molecular weight is 327 g/mol. The molecule has 1 unspecified atom stereocenters. The molecule has 0 aliphatic carbocycles. The fourth-order valence-electron chi connectivity index (χ4n) is 2.93. The number of aliphatic hydroxyl groups excluding tert-OH is 1. The predicted molar refractivity (Wildman–Crippen MR) is 90.9 cm³/mol. The van der Waals surface area contributed by atoms with Crippen LogP contribution in [0.25, 0.3) is 0 Å². The molecule has 128 valence electrons. The van der Waals surface area contributed by atoms with Gasteiger partial charge in [0.1, 0.15) is 6.10 Å². The van der Waals surface area contributed by atoms with Crippen LogP contribution in [0.3, 0.4) is 0 Å². The van der Waals surface area contributed by atoms with Gasteiger partial charge in [-0.3, -0.25) is 0 Å². The number of carbonyl (C=O) groups is 1. The van der Waals surface area contributed by atoms with Crippen molar-refractivity contribution in [2.75, 3.05) is 13.1 Å². The Kier molecular flexibility index (Phi) is 7.46. The zero-order chi connectivity index (χ0) is 17.2. The molecule has 2 atom stereocenters. The van der Waals surface area contributed by atoms with Crippen molar-refractivity contribution in [3.63, 3.8) is 0 Å². The van der Waals surface area contributed by atoms with Gasteiger partial charge >= 0.3 is 0 Å². The van der Waals surface area contributed by atoms with Crippen LogP contribution in [0.2, 0.25) is 0 Å². The van der Waals surface area contributed by atoms with E-state index in [9.17, 15) is 9.90 Å². The van der Waals surface area contributed by atoms with Gasteiger partial charge in [-0.2, -0.15) is 0 Å². The Balaban J connectivity index is 0.000000177. The van der Waals surface area contributed by atoms with Crippen LogP contribution in [-0.2, 0) is 11.2 Å². The quantitative estimate of drug-likeness (QED) is 0.867. The summed E-state index contributed by atoms with van der Waals surface area (Å²) in [5.41, 5.74) is 1.84. The molecular formula is C20H25NO3. The molecule has 1 fully saturated rings. The largest absolute Gasteiger partial charge is 0.547 e. The standard InChI is InChI=1S/C12H17N.C8H8O3/c1-2-5-11(6-3-1)9-12-7-4-8-13-10-12;9-7(8(10)11)6-4-2-1-3-5-6/h1-3,5-6,12-13H,4,7-10H2;1-5,7,9H,(H,10,11)/t;7-/m.0/s1. The Morgan fingerprint density at radius 2 is 1.75 bits per heavy atom. The second-order valence-electron chi connectivity index (χ2n) is 6.14. The van der Waals surface area contributed by atoms with E-state index in [2.05, 4.69) is 35.6 Å². The minimum absolute atomic E-state index is 0.340. The molecule has 4 heteroatoms. The minimum Gasteiger partial charge on any atom is -0.547 e. The number of benzene rings is 2. The number of piperidine rings is 1. The highest BCUT2D eigenvalue weighted by molar-refractivity contribution is 5.71. The minimum atomic E-state index is -1.52. The third-order valence-corrected chi connectivity index (χ3v) is 4.23. The summed E-state index contributed by atoms with van der Waals surface area (Å²) in [6.07, 6.45) is 2.58. The number of quaternary nitrogens is 1. The molecule has 1 aliphatic heterocycles. The molecule has 1 saturated heterocycles. The maximum atomic E-state index is 10.1. The van der Waals surface area contributed by atoms with Gasteiger partial charge in [0.05, 0.1) is 19.1 Å². The van der Waals surface area contributed by atoms with Crippen LogP contribution < -0.4 is 10.4 Å². The lowest BCUT2D eigenvalue weighted by Gasteiger charge is -2.19. The number of aliphatic carboxylic acids is 1. The number of carboxylic acid groups (broad SMARTS) is 1. The average Bonchev–Trinajstić information content (AvgIpc) is 2.64. The first-order chi connectivity index (χ1) is 11.7. The van der Waals surface area contributed by atoms with E-state index in [0.717, 1.165) is 5.92 Å². The van der Waals surface area contributed by atoms with Crippen molar-refractivity contribution in [2.24, 2.45) is 5.92 Å². The van der Waals surface area contributed by atoms with E-state index in [1.807, 2.05) is 0 Å². The van der Waals surface area contributed by atoms with Crippen molar-refractivity contribution in [2.45, 2.75) is 25.4 Å². The molecule has 4 nitrogen and oxygen atoms in total. The van der Waals surface area contributed by atoms with Crippen molar-refractivity contribution in [1.82, 2.24) is 0 Å². The molecule has 0 aromatic heterocycles. The van der Waals surface area contributed by atoms with Crippen LogP contribution in [0.5, 0.6) is 0 Å². The van der Waals surface area contributed by atoms with E-state index in [-0.39, 0.29) is 0 Å². The number of carboxylic acids is 1. The lowest BCUT2D eigenvalue weighted by molar-refractivity contribution is -0.668. The summed E-state index contributed by atoms with van der Waals surface area (Å²) in [5, 5.41) is 21.5. The zero-order valence-corrected chi connectivity index (χ0v) is 13.8. The van der Waals surface area contributed by atoms with Gasteiger partial charge in [-0.25, -0.2) is 0 Å². The second-order valence-corrected chi connectivity index (χ2v) is 6.14. The highest BCUT2D eigenvalue weighted by Crippen LogP contribution is 2.13. The second kappa shape index (κ2) is 9.85. The first-order valence-electron chi connectivity index (χ1n) is 8.46. The third kappa shape index (κ3) is 6.14. The lowest BCUT2D eigenvalue weighted by Crippen LogP contribution is -2.87. The van der Waals surface area contributed by atoms with Crippen molar-refractivity contribution in [3.05, 3.63) is 71.8 Å². The molecule has 0 saturated carbocycles. The number of carbonyl (C=O) groups excluding carboxylic acids is 1. The molecule has 3 N–H and O–H groups in total. The highest BCUT2D eigenvalue weighted by Gasteiger charge is 2.15. The van der Waals surface area contributed by atoms with Gasteiger partial charge in [0, 0.05) is 5.92 Å². The maximum Gasteiger partial charge on any atom is 0.118 e. The molecule has 0 spiro atoms. The first-order valence-corrected chi connectivity index (χ1v) is 8.46. The SMILES string of the molecule is O=C([O-])[C@@H](O)c1ccccc1.c1ccc(CC2CCC[NH2+]C2)cc1. The van der Waals surface area contributed by atoms with Gasteiger partial charge < -0.3 is 20.3 Å². The van der Waals surface area contributed by atoms with Crippen molar-refractivity contribution in [3.8, 4) is 0 Å². The molecule has 1 heterocycles. The maximum absolute atomic E-state index is 10.1. The molecule has 2 aromatic carbocycles. The van der Waals surface area contributed by atoms with Crippen LogP contribution in [0.1, 0.15) is 30.1 Å². The summed E-state index contributed by atoms with van der Waals surface area (Å²) >= 11 is 0. The molecular weight excluding hydrogens is 302 g/mol. The molecule has 24 heavy (non-hydrogen) atoms. The van der Waals surface area contributed by atoms with Gasteiger partial charge in [-0.15, -0.1) is 0 Å². The van der Waals surface area contributed by atoms with Crippen LogP contribution >= 0.6 is 0 Å². The molecule has 2 aromatic rings. The van der Waals surface area contributed by atoms with Crippen LogP contribution in [0.15, 0.2) is 60.7 Å². The van der Waals surface area contributed by atoms with Crippen molar-refractivity contribution in [1.29, 1.82) is 0 Å².